The molecule has 0 bridgehead atoms. The van der Waals surface area contributed by atoms with E-state index >= 15 is 0 Å². The summed E-state index contributed by atoms with van der Waals surface area (Å²) in [6.45, 7) is 6.65. The van der Waals surface area contributed by atoms with Gasteiger partial charge in [0.15, 0.2) is 0 Å². The van der Waals surface area contributed by atoms with Crippen molar-refractivity contribution in [2.45, 2.75) is 52.9 Å². The molecule has 0 aliphatic rings. The Bertz CT molecular complexity index is 1820. The fraction of sp³-hybridized carbons (Fsp3) is 0.222. The summed E-state index contributed by atoms with van der Waals surface area (Å²) in [7, 11) is 0. The molecule has 0 unspecified atom stereocenters. The van der Waals surface area contributed by atoms with Gasteiger partial charge in [0.1, 0.15) is 0 Å². The highest BCUT2D eigenvalue weighted by Gasteiger charge is 2.09. The van der Waals surface area contributed by atoms with E-state index in [1.807, 2.05) is 11.3 Å². The lowest BCUT2D eigenvalue weighted by atomic mass is 9.99. The Labute approximate surface area is 224 Å². The van der Waals surface area contributed by atoms with Crippen LogP contribution in [0.15, 0.2) is 78.9 Å². The highest BCUT2D eigenvalue weighted by Crippen LogP contribution is 2.39. The molecule has 1 heteroatoms. The van der Waals surface area contributed by atoms with Crippen LogP contribution in [0.3, 0.4) is 0 Å². The molecule has 0 nitrogen and oxygen atoms in total. The molecule has 5 aromatic carbocycles. The Hall–Kier alpha value is -3.60. The third-order valence-corrected chi connectivity index (χ3v) is 8.74. The second-order valence-corrected chi connectivity index (χ2v) is 11.5. The van der Waals surface area contributed by atoms with Gasteiger partial charge in [-0.1, -0.05) is 68.4 Å². The molecular weight excluding hydrogens is 464 g/mol. The predicted molar refractivity (Wildman–Crippen MR) is 164 cm³/mol. The lowest BCUT2D eigenvalue weighted by Crippen LogP contribution is -1.86. The monoisotopic (exact) mass is 496 g/mol. The first-order valence-electron chi connectivity index (χ1n) is 13.5. The average molecular weight is 497 g/mol. The summed E-state index contributed by atoms with van der Waals surface area (Å²) >= 11 is 1.89. The Balaban J connectivity index is 1.30. The summed E-state index contributed by atoms with van der Waals surface area (Å²) in [5.74, 6) is 6.76. The average Bonchev–Trinajstić information content (AvgIpc) is 3.24. The third kappa shape index (κ3) is 4.87. The van der Waals surface area contributed by atoms with Crippen LogP contribution in [0.25, 0.3) is 41.7 Å². The third-order valence-electron chi connectivity index (χ3n) is 7.62. The van der Waals surface area contributed by atoms with Gasteiger partial charge in [0.2, 0.25) is 0 Å². The molecule has 0 radical (unpaired) electrons. The molecule has 1 aromatic heterocycles. The van der Waals surface area contributed by atoms with Gasteiger partial charge in [-0.2, -0.15) is 0 Å². The molecule has 0 spiro atoms. The minimum Gasteiger partial charge on any atom is -0.135 e. The van der Waals surface area contributed by atoms with Crippen molar-refractivity contribution < 1.29 is 0 Å². The van der Waals surface area contributed by atoms with Gasteiger partial charge in [-0.15, -0.1) is 11.3 Å². The summed E-state index contributed by atoms with van der Waals surface area (Å²) in [4.78, 5) is 0. The van der Waals surface area contributed by atoms with E-state index in [0.717, 1.165) is 11.1 Å². The van der Waals surface area contributed by atoms with E-state index in [0.29, 0.717) is 0 Å². The molecule has 0 saturated carbocycles. The van der Waals surface area contributed by atoms with Crippen molar-refractivity contribution in [2.75, 3.05) is 0 Å². The Kier molecular flexibility index (Phi) is 6.45. The minimum absolute atomic E-state index is 1.06. The van der Waals surface area contributed by atoms with Gasteiger partial charge in [0.05, 0.1) is 0 Å². The van der Waals surface area contributed by atoms with Crippen LogP contribution in [-0.4, -0.2) is 0 Å². The molecule has 0 aliphatic heterocycles. The zero-order valence-electron chi connectivity index (χ0n) is 21.9. The van der Waals surface area contributed by atoms with Crippen LogP contribution in [0.2, 0.25) is 0 Å². The lowest BCUT2D eigenvalue weighted by Gasteiger charge is -2.05. The zero-order valence-corrected chi connectivity index (χ0v) is 22.8. The zero-order chi connectivity index (χ0) is 25.4. The van der Waals surface area contributed by atoms with Gasteiger partial charge in [0, 0.05) is 31.3 Å². The van der Waals surface area contributed by atoms with E-state index in [1.165, 1.54) is 90.5 Å². The standard InChI is InChI=1S/C36H32S/c1-4-5-6-7-8-26-9-11-27(12-10-26)13-14-28-15-16-29-20-33-34-21-30-17-24(2)25(3)18-31(30)22-35(34)37-36(33)23-32(29)19-28/h9-12,15-23H,4-8H2,1-3H3. The molecule has 37 heavy (non-hydrogen) atoms. The molecule has 182 valence electrons. The quantitative estimate of drug-likeness (QED) is 0.164. The van der Waals surface area contributed by atoms with Crippen molar-refractivity contribution in [1.82, 2.24) is 0 Å². The molecule has 0 amide bonds. The number of fused-ring (bicyclic) bond motifs is 5. The highest BCUT2D eigenvalue weighted by molar-refractivity contribution is 7.26. The predicted octanol–water partition coefficient (Wildman–Crippen LogP) is 10.5. The normalized spacial score (nSPS) is 11.4. The SMILES string of the molecule is CCCCCCc1ccc(C#Cc2ccc3cc4c(cc3c2)sc2cc3cc(C)c(C)cc3cc24)cc1. The first kappa shape index (κ1) is 23.8. The smallest absolute Gasteiger partial charge is 0.0361 e. The molecule has 0 aliphatic carbocycles. The maximum atomic E-state index is 3.39. The van der Waals surface area contributed by atoms with Crippen molar-refractivity contribution in [1.29, 1.82) is 0 Å². The topological polar surface area (TPSA) is 0 Å². The summed E-state index contributed by atoms with van der Waals surface area (Å²) in [6.07, 6.45) is 6.39. The Morgan fingerprint density at radius 1 is 0.568 bits per heavy atom. The van der Waals surface area contributed by atoms with E-state index in [4.69, 9.17) is 0 Å². The summed E-state index contributed by atoms with van der Waals surface area (Å²) in [5.41, 5.74) is 6.26. The van der Waals surface area contributed by atoms with Crippen molar-refractivity contribution >= 4 is 53.1 Å². The molecule has 6 rings (SSSR count). The van der Waals surface area contributed by atoms with Gasteiger partial charge in [-0.05, 0) is 113 Å². The number of rotatable bonds is 5. The first-order chi connectivity index (χ1) is 18.1. The molecule has 0 N–H and O–H groups in total. The Morgan fingerprint density at radius 3 is 1.86 bits per heavy atom. The number of unbranched alkanes of at least 4 members (excludes halogenated alkanes) is 3. The second kappa shape index (κ2) is 10.0. The molecular formula is C36H32S. The largest absolute Gasteiger partial charge is 0.135 e. The number of thiophene rings is 1. The fourth-order valence-corrected chi connectivity index (χ4v) is 6.44. The van der Waals surface area contributed by atoms with Crippen LogP contribution >= 0.6 is 11.3 Å². The van der Waals surface area contributed by atoms with Crippen LogP contribution in [0.1, 0.15) is 60.4 Å². The Morgan fingerprint density at radius 2 is 1.16 bits per heavy atom. The van der Waals surface area contributed by atoms with E-state index < -0.39 is 0 Å². The number of benzene rings is 5. The number of hydrogen-bond donors (Lipinski definition) is 0. The lowest BCUT2D eigenvalue weighted by molar-refractivity contribution is 0.667. The van der Waals surface area contributed by atoms with Crippen LogP contribution in [-0.2, 0) is 6.42 Å². The van der Waals surface area contributed by atoms with E-state index in [2.05, 4.69) is 111 Å². The van der Waals surface area contributed by atoms with Crippen LogP contribution < -0.4 is 0 Å². The highest BCUT2D eigenvalue weighted by atomic mass is 32.1. The second-order valence-electron chi connectivity index (χ2n) is 10.4. The molecule has 0 saturated heterocycles. The van der Waals surface area contributed by atoms with Crippen molar-refractivity contribution in [3.05, 3.63) is 107 Å². The van der Waals surface area contributed by atoms with Crippen LogP contribution in [0.5, 0.6) is 0 Å². The van der Waals surface area contributed by atoms with E-state index in [-0.39, 0.29) is 0 Å². The van der Waals surface area contributed by atoms with Gasteiger partial charge in [0.25, 0.3) is 0 Å². The van der Waals surface area contributed by atoms with Crippen LogP contribution in [0.4, 0.5) is 0 Å². The van der Waals surface area contributed by atoms with Gasteiger partial charge >= 0.3 is 0 Å². The number of hydrogen-bond acceptors (Lipinski definition) is 1. The summed E-state index contributed by atoms with van der Waals surface area (Å²) in [5, 5.41) is 7.88. The van der Waals surface area contributed by atoms with Crippen molar-refractivity contribution in [3.8, 4) is 11.8 Å². The maximum Gasteiger partial charge on any atom is 0.0361 e. The van der Waals surface area contributed by atoms with Crippen LogP contribution in [0, 0.1) is 25.7 Å². The minimum atomic E-state index is 1.06. The fourth-order valence-electron chi connectivity index (χ4n) is 5.27. The summed E-state index contributed by atoms with van der Waals surface area (Å²) < 4.78 is 2.70. The van der Waals surface area contributed by atoms with Crippen molar-refractivity contribution in [3.63, 3.8) is 0 Å². The molecule has 0 atom stereocenters. The number of aryl methyl sites for hydroxylation is 3. The van der Waals surface area contributed by atoms with Gasteiger partial charge in [-0.3, -0.25) is 0 Å². The first-order valence-corrected chi connectivity index (χ1v) is 14.3. The maximum absolute atomic E-state index is 3.39. The van der Waals surface area contributed by atoms with E-state index in [9.17, 15) is 0 Å². The van der Waals surface area contributed by atoms with Gasteiger partial charge in [-0.25, -0.2) is 0 Å². The van der Waals surface area contributed by atoms with Gasteiger partial charge < -0.3 is 0 Å². The molecule has 1 heterocycles. The summed E-state index contributed by atoms with van der Waals surface area (Å²) in [6, 6.07) is 29.5. The van der Waals surface area contributed by atoms with Crippen molar-refractivity contribution in [2.24, 2.45) is 0 Å². The molecule has 0 fully saturated rings. The van der Waals surface area contributed by atoms with E-state index in [1.54, 1.807) is 0 Å². The molecule has 6 aromatic rings.